The number of benzene rings is 1. The monoisotopic (exact) mass is 232 g/mol. The van der Waals surface area contributed by atoms with Crippen molar-refractivity contribution in [3.8, 4) is 5.75 Å². The second kappa shape index (κ2) is 5.23. The molecule has 0 spiro atoms. The topological polar surface area (TPSA) is 9.23 Å². The summed E-state index contributed by atoms with van der Waals surface area (Å²) in [5, 5.41) is 0. The molecule has 0 bridgehead atoms. The predicted octanol–water partition coefficient (Wildman–Crippen LogP) is 3.83. The molecule has 0 radical (unpaired) electrons. The minimum atomic E-state index is -4.29. The van der Waals surface area contributed by atoms with Crippen molar-refractivity contribution in [3.05, 3.63) is 29.8 Å². The van der Waals surface area contributed by atoms with Gasteiger partial charge in [0.2, 0.25) is 0 Å². The Morgan fingerprint density at radius 2 is 1.81 bits per heavy atom. The van der Waals surface area contributed by atoms with Crippen LogP contribution in [-0.2, 0) is 6.42 Å². The average molecular weight is 232 g/mol. The van der Waals surface area contributed by atoms with Gasteiger partial charge in [0.1, 0.15) is 5.75 Å². The second-order valence-electron chi connectivity index (χ2n) is 4.11. The molecule has 16 heavy (non-hydrogen) atoms. The Hall–Kier alpha value is -1.19. The van der Waals surface area contributed by atoms with Gasteiger partial charge in [-0.2, -0.15) is 13.2 Å². The maximum Gasteiger partial charge on any atom is 0.422 e. The molecule has 90 valence electrons. The van der Waals surface area contributed by atoms with Gasteiger partial charge in [0.25, 0.3) is 0 Å². The van der Waals surface area contributed by atoms with Crippen molar-refractivity contribution >= 4 is 0 Å². The Morgan fingerprint density at radius 3 is 2.38 bits per heavy atom. The number of hydrogen-bond acceptors (Lipinski definition) is 1. The molecular formula is C12H15F3O. The van der Waals surface area contributed by atoms with Crippen LogP contribution in [0.25, 0.3) is 0 Å². The van der Waals surface area contributed by atoms with Gasteiger partial charge in [0.05, 0.1) is 0 Å². The van der Waals surface area contributed by atoms with Crippen LogP contribution in [0.1, 0.15) is 19.4 Å². The van der Waals surface area contributed by atoms with Crippen molar-refractivity contribution in [3.63, 3.8) is 0 Å². The van der Waals surface area contributed by atoms with Gasteiger partial charge in [0, 0.05) is 0 Å². The summed E-state index contributed by atoms with van der Waals surface area (Å²) >= 11 is 0. The van der Waals surface area contributed by atoms with Gasteiger partial charge < -0.3 is 4.74 Å². The van der Waals surface area contributed by atoms with Crippen molar-refractivity contribution in [1.82, 2.24) is 0 Å². The Bertz CT molecular complexity index is 331. The summed E-state index contributed by atoms with van der Waals surface area (Å²) in [6.45, 7) is 2.79. The summed E-state index contributed by atoms with van der Waals surface area (Å²) in [5.74, 6) is 0.712. The summed E-state index contributed by atoms with van der Waals surface area (Å²) in [6, 6.07) is 6.85. The summed E-state index contributed by atoms with van der Waals surface area (Å²) in [6.07, 6.45) is -3.57. The Balaban J connectivity index is 2.71. The van der Waals surface area contributed by atoms with Gasteiger partial charge in [-0.3, -0.25) is 0 Å². The van der Waals surface area contributed by atoms with Gasteiger partial charge in [-0.1, -0.05) is 32.0 Å². The molecule has 0 fully saturated rings. The van der Waals surface area contributed by atoms with Crippen LogP contribution in [0.2, 0.25) is 0 Å². The van der Waals surface area contributed by atoms with Crippen LogP contribution in [0.15, 0.2) is 24.3 Å². The van der Waals surface area contributed by atoms with Crippen molar-refractivity contribution in [2.75, 3.05) is 6.61 Å². The molecule has 0 saturated carbocycles. The molecule has 0 aliphatic rings. The lowest BCUT2D eigenvalue weighted by Gasteiger charge is -2.14. The van der Waals surface area contributed by atoms with E-state index in [-0.39, 0.29) is 0 Å². The maximum atomic E-state index is 12.0. The highest BCUT2D eigenvalue weighted by atomic mass is 19.4. The van der Waals surface area contributed by atoms with Gasteiger partial charge >= 0.3 is 6.18 Å². The highest BCUT2D eigenvalue weighted by Crippen LogP contribution is 2.24. The van der Waals surface area contributed by atoms with E-state index in [0.717, 1.165) is 5.56 Å². The fourth-order valence-electron chi connectivity index (χ4n) is 1.41. The molecule has 0 unspecified atom stereocenters. The van der Waals surface area contributed by atoms with Crippen molar-refractivity contribution in [2.24, 2.45) is 5.92 Å². The van der Waals surface area contributed by atoms with Crippen LogP contribution in [0, 0.1) is 5.92 Å². The van der Waals surface area contributed by atoms with Crippen LogP contribution in [0.5, 0.6) is 5.75 Å². The summed E-state index contributed by atoms with van der Waals surface area (Å²) in [4.78, 5) is 0. The van der Waals surface area contributed by atoms with E-state index in [1.54, 1.807) is 24.3 Å². The number of hydrogen-bond donors (Lipinski definition) is 0. The zero-order valence-electron chi connectivity index (χ0n) is 9.34. The molecule has 0 aliphatic heterocycles. The Kier molecular flexibility index (Phi) is 4.21. The molecule has 0 N–H and O–H groups in total. The second-order valence-corrected chi connectivity index (χ2v) is 4.11. The van der Waals surface area contributed by atoms with Gasteiger partial charge in [-0.05, 0) is 24.0 Å². The minimum absolute atomic E-state index is 0.327. The third-order valence-corrected chi connectivity index (χ3v) is 1.99. The molecule has 0 aliphatic carbocycles. The molecule has 0 amide bonds. The first-order valence-corrected chi connectivity index (χ1v) is 5.16. The first kappa shape index (κ1) is 12.9. The quantitative estimate of drug-likeness (QED) is 0.766. The molecule has 0 atom stereocenters. The molecule has 1 aromatic rings. The lowest BCUT2D eigenvalue weighted by molar-refractivity contribution is -0.153. The number of halogens is 3. The number of ether oxygens (including phenoxy) is 1. The molecule has 0 saturated heterocycles. The van der Waals surface area contributed by atoms with E-state index in [4.69, 9.17) is 4.74 Å². The van der Waals surface area contributed by atoms with E-state index in [0.29, 0.717) is 18.1 Å². The fourth-order valence-corrected chi connectivity index (χ4v) is 1.41. The molecule has 0 aromatic heterocycles. The average Bonchev–Trinajstić information content (AvgIpc) is 2.14. The minimum Gasteiger partial charge on any atom is -0.484 e. The van der Waals surface area contributed by atoms with E-state index in [2.05, 4.69) is 0 Å². The summed E-state index contributed by atoms with van der Waals surface area (Å²) in [7, 11) is 0. The number of para-hydroxylation sites is 1. The first-order valence-electron chi connectivity index (χ1n) is 5.16. The fraction of sp³-hybridized carbons (Fsp3) is 0.500. The lowest BCUT2D eigenvalue weighted by Crippen LogP contribution is -2.19. The van der Waals surface area contributed by atoms with Gasteiger partial charge in [-0.15, -0.1) is 0 Å². The standard InChI is InChI=1S/C12H15F3O/c1-9(2)7-10-5-3-4-6-11(10)16-8-12(13,14)15/h3-6,9H,7-8H2,1-2H3. The summed E-state index contributed by atoms with van der Waals surface area (Å²) < 4.78 is 40.8. The summed E-state index contributed by atoms with van der Waals surface area (Å²) in [5.41, 5.74) is 0.821. The van der Waals surface area contributed by atoms with Crippen LogP contribution < -0.4 is 4.74 Å². The van der Waals surface area contributed by atoms with Crippen LogP contribution in [-0.4, -0.2) is 12.8 Å². The first-order chi connectivity index (χ1) is 7.38. The Morgan fingerprint density at radius 1 is 1.19 bits per heavy atom. The van der Waals surface area contributed by atoms with Gasteiger partial charge in [0.15, 0.2) is 6.61 Å². The van der Waals surface area contributed by atoms with E-state index < -0.39 is 12.8 Å². The predicted molar refractivity (Wildman–Crippen MR) is 56.5 cm³/mol. The number of rotatable bonds is 4. The van der Waals surface area contributed by atoms with E-state index in [9.17, 15) is 13.2 Å². The highest BCUT2D eigenvalue weighted by Gasteiger charge is 2.28. The maximum absolute atomic E-state index is 12.0. The van der Waals surface area contributed by atoms with Crippen LogP contribution >= 0.6 is 0 Å². The van der Waals surface area contributed by atoms with E-state index in [1.165, 1.54) is 0 Å². The van der Waals surface area contributed by atoms with E-state index in [1.807, 2.05) is 13.8 Å². The largest absolute Gasteiger partial charge is 0.484 e. The van der Waals surface area contributed by atoms with Crippen molar-refractivity contribution in [1.29, 1.82) is 0 Å². The molecule has 0 heterocycles. The van der Waals surface area contributed by atoms with E-state index >= 15 is 0 Å². The zero-order chi connectivity index (χ0) is 12.2. The molecule has 4 heteroatoms. The normalized spacial score (nSPS) is 11.9. The molecular weight excluding hydrogens is 217 g/mol. The third kappa shape index (κ3) is 4.55. The van der Waals surface area contributed by atoms with Crippen LogP contribution in [0.4, 0.5) is 13.2 Å². The third-order valence-electron chi connectivity index (χ3n) is 1.99. The molecule has 1 nitrogen and oxygen atoms in total. The zero-order valence-corrected chi connectivity index (χ0v) is 9.34. The van der Waals surface area contributed by atoms with Gasteiger partial charge in [-0.25, -0.2) is 0 Å². The van der Waals surface area contributed by atoms with Crippen LogP contribution in [0.3, 0.4) is 0 Å². The number of alkyl halides is 3. The Labute approximate surface area is 93.2 Å². The highest BCUT2D eigenvalue weighted by molar-refractivity contribution is 5.33. The van der Waals surface area contributed by atoms with Crippen molar-refractivity contribution < 1.29 is 17.9 Å². The lowest BCUT2D eigenvalue weighted by atomic mass is 10.0. The molecule has 1 rings (SSSR count). The molecule has 1 aromatic carbocycles. The SMILES string of the molecule is CC(C)Cc1ccccc1OCC(F)(F)F. The van der Waals surface area contributed by atoms with Crippen molar-refractivity contribution in [2.45, 2.75) is 26.4 Å². The smallest absolute Gasteiger partial charge is 0.422 e.